The molecule has 0 aliphatic carbocycles. The maximum atomic E-state index is 10.1. The van der Waals surface area contributed by atoms with Crippen molar-refractivity contribution in [1.82, 2.24) is 15.3 Å². The lowest BCUT2D eigenvalue weighted by Crippen LogP contribution is -2.32. The topological polar surface area (TPSA) is 70.2 Å². The molecule has 0 spiro atoms. The first-order chi connectivity index (χ1) is 14.3. The monoisotopic (exact) mass is 395 g/mol. The third-order valence-electron chi connectivity index (χ3n) is 5.05. The predicted molar refractivity (Wildman–Crippen MR) is 119 cm³/mol. The Morgan fingerprint density at radius 1 is 1.00 bits per heavy atom. The number of benzene rings is 2. The van der Waals surface area contributed by atoms with Crippen molar-refractivity contribution < 1.29 is 9.84 Å². The number of aliphatic hydroxyl groups excluding tert-OH is 1. The van der Waals surface area contributed by atoms with E-state index in [-0.39, 0.29) is 6.61 Å². The van der Waals surface area contributed by atoms with E-state index in [0.717, 1.165) is 34.7 Å². The average molecular weight is 396 g/mol. The molecular formula is C24H33N3O2. The Hall–Kier alpha value is -2.37. The molecule has 3 aromatic rings. The lowest BCUT2D eigenvalue weighted by atomic mass is 10.1. The van der Waals surface area contributed by atoms with Crippen molar-refractivity contribution in [1.29, 1.82) is 0 Å². The normalized spacial score (nSPS) is 12.3. The standard InChI is InChI=1S/C24H33N3O2/c1-2-3-4-5-6-9-16-25-17-20(28)18-29-21-14-12-19(13-15-21)24-26-22-10-7-8-11-23(22)27-24/h7-8,10-15,20,25,28H,2-6,9,16-18H2,1H3,(H,26,27). The number of ether oxygens (including phenoxy) is 1. The molecule has 0 aliphatic heterocycles. The van der Waals surface area contributed by atoms with Crippen LogP contribution in [0.4, 0.5) is 0 Å². The van der Waals surface area contributed by atoms with Crippen molar-refractivity contribution >= 4 is 11.0 Å². The zero-order valence-corrected chi connectivity index (χ0v) is 17.4. The molecule has 1 unspecified atom stereocenters. The number of rotatable bonds is 13. The van der Waals surface area contributed by atoms with Crippen LogP contribution in [-0.2, 0) is 0 Å². The number of nitrogens with one attached hydrogen (secondary N) is 2. The van der Waals surface area contributed by atoms with Gasteiger partial charge in [-0.25, -0.2) is 4.98 Å². The Kier molecular flexibility index (Phi) is 8.53. The molecule has 1 atom stereocenters. The van der Waals surface area contributed by atoms with Gasteiger partial charge in [-0.1, -0.05) is 51.2 Å². The van der Waals surface area contributed by atoms with Gasteiger partial charge in [0.15, 0.2) is 0 Å². The Balaban J connectivity index is 1.35. The third kappa shape index (κ3) is 6.87. The van der Waals surface area contributed by atoms with E-state index in [1.54, 1.807) is 0 Å². The lowest BCUT2D eigenvalue weighted by molar-refractivity contribution is 0.106. The van der Waals surface area contributed by atoms with E-state index in [9.17, 15) is 5.11 Å². The maximum absolute atomic E-state index is 10.1. The van der Waals surface area contributed by atoms with Gasteiger partial charge in [0.2, 0.25) is 0 Å². The Morgan fingerprint density at radius 3 is 2.55 bits per heavy atom. The van der Waals surface area contributed by atoms with Crippen LogP contribution in [0.1, 0.15) is 45.4 Å². The summed E-state index contributed by atoms with van der Waals surface area (Å²) < 4.78 is 5.72. The highest BCUT2D eigenvalue weighted by atomic mass is 16.5. The van der Waals surface area contributed by atoms with E-state index in [0.29, 0.717) is 6.54 Å². The van der Waals surface area contributed by atoms with Gasteiger partial charge in [0.1, 0.15) is 24.3 Å². The molecule has 0 saturated heterocycles. The molecule has 2 aromatic carbocycles. The number of nitrogens with zero attached hydrogens (tertiary/aromatic N) is 1. The van der Waals surface area contributed by atoms with Crippen molar-refractivity contribution in [2.75, 3.05) is 19.7 Å². The minimum Gasteiger partial charge on any atom is -0.491 e. The second-order valence-corrected chi connectivity index (χ2v) is 7.56. The fourth-order valence-electron chi connectivity index (χ4n) is 3.35. The number of hydrogen-bond donors (Lipinski definition) is 3. The summed E-state index contributed by atoms with van der Waals surface area (Å²) in [5, 5.41) is 13.4. The first-order valence-electron chi connectivity index (χ1n) is 10.8. The van der Waals surface area contributed by atoms with Crippen LogP contribution in [0.25, 0.3) is 22.4 Å². The predicted octanol–water partition coefficient (Wildman–Crippen LogP) is 4.92. The first kappa shape index (κ1) is 21.3. The molecule has 1 heterocycles. The highest BCUT2D eigenvalue weighted by Crippen LogP contribution is 2.22. The maximum Gasteiger partial charge on any atom is 0.138 e. The van der Waals surface area contributed by atoms with Crippen molar-refractivity contribution in [3.63, 3.8) is 0 Å². The number of aliphatic hydroxyl groups is 1. The van der Waals surface area contributed by atoms with Crippen LogP contribution >= 0.6 is 0 Å². The SMILES string of the molecule is CCCCCCCCNCC(O)COc1ccc(-c2nc3ccccc3[nH]2)cc1. The molecule has 0 bridgehead atoms. The average Bonchev–Trinajstić information content (AvgIpc) is 3.19. The Labute approximate surface area is 173 Å². The number of H-pyrrole nitrogens is 1. The van der Waals surface area contributed by atoms with Crippen LogP contribution in [0, 0.1) is 0 Å². The van der Waals surface area contributed by atoms with Gasteiger partial charge in [-0.05, 0) is 49.4 Å². The summed E-state index contributed by atoms with van der Waals surface area (Å²) in [5.74, 6) is 1.59. The zero-order chi connectivity index (χ0) is 20.3. The summed E-state index contributed by atoms with van der Waals surface area (Å²) in [5.41, 5.74) is 2.99. The lowest BCUT2D eigenvalue weighted by Gasteiger charge is -2.13. The fraction of sp³-hybridized carbons (Fsp3) is 0.458. The van der Waals surface area contributed by atoms with E-state index >= 15 is 0 Å². The number of hydrogen-bond acceptors (Lipinski definition) is 4. The fourth-order valence-corrected chi connectivity index (χ4v) is 3.35. The highest BCUT2D eigenvalue weighted by molar-refractivity contribution is 5.79. The van der Waals surface area contributed by atoms with Crippen molar-refractivity contribution in [2.45, 2.75) is 51.6 Å². The second-order valence-electron chi connectivity index (χ2n) is 7.56. The molecule has 3 N–H and O–H groups in total. The molecule has 0 radical (unpaired) electrons. The second kappa shape index (κ2) is 11.6. The van der Waals surface area contributed by atoms with Gasteiger partial charge < -0.3 is 20.1 Å². The van der Waals surface area contributed by atoms with Gasteiger partial charge in [0.05, 0.1) is 11.0 Å². The number of fused-ring (bicyclic) bond motifs is 1. The Bertz CT molecular complexity index is 812. The number of aromatic amines is 1. The van der Waals surface area contributed by atoms with Gasteiger partial charge in [-0.3, -0.25) is 0 Å². The van der Waals surface area contributed by atoms with Gasteiger partial charge in [-0.2, -0.15) is 0 Å². The van der Waals surface area contributed by atoms with Crippen LogP contribution in [0.2, 0.25) is 0 Å². The van der Waals surface area contributed by atoms with Gasteiger partial charge >= 0.3 is 0 Å². The zero-order valence-electron chi connectivity index (χ0n) is 17.4. The van der Waals surface area contributed by atoms with Crippen molar-refractivity contribution in [3.8, 4) is 17.1 Å². The van der Waals surface area contributed by atoms with Crippen molar-refractivity contribution in [3.05, 3.63) is 48.5 Å². The smallest absolute Gasteiger partial charge is 0.138 e. The Morgan fingerprint density at radius 2 is 1.76 bits per heavy atom. The summed E-state index contributed by atoms with van der Waals surface area (Å²) in [4.78, 5) is 7.94. The molecular weight excluding hydrogens is 362 g/mol. The van der Waals surface area contributed by atoms with Crippen LogP contribution in [0.3, 0.4) is 0 Å². The van der Waals surface area contributed by atoms with Crippen LogP contribution < -0.4 is 10.1 Å². The minimum absolute atomic E-state index is 0.285. The molecule has 0 fully saturated rings. The van der Waals surface area contributed by atoms with Crippen LogP contribution in [0.15, 0.2) is 48.5 Å². The number of unbranched alkanes of at least 4 members (excludes halogenated alkanes) is 5. The van der Waals surface area contributed by atoms with E-state index < -0.39 is 6.10 Å². The molecule has 1 aromatic heterocycles. The van der Waals surface area contributed by atoms with E-state index in [4.69, 9.17) is 4.74 Å². The third-order valence-corrected chi connectivity index (χ3v) is 5.05. The number of para-hydroxylation sites is 2. The van der Waals surface area contributed by atoms with E-state index in [1.165, 1.54) is 38.5 Å². The highest BCUT2D eigenvalue weighted by Gasteiger charge is 2.07. The van der Waals surface area contributed by atoms with Gasteiger partial charge in [-0.15, -0.1) is 0 Å². The summed E-state index contributed by atoms with van der Waals surface area (Å²) in [6.07, 6.45) is 7.19. The van der Waals surface area contributed by atoms with Crippen LogP contribution in [0.5, 0.6) is 5.75 Å². The summed E-state index contributed by atoms with van der Waals surface area (Å²) >= 11 is 0. The minimum atomic E-state index is -0.509. The summed E-state index contributed by atoms with van der Waals surface area (Å²) in [6.45, 7) is 4.04. The first-order valence-corrected chi connectivity index (χ1v) is 10.8. The van der Waals surface area contributed by atoms with Gasteiger partial charge in [0.25, 0.3) is 0 Å². The molecule has 29 heavy (non-hydrogen) atoms. The summed E-state index contributed by atoms with van der Waals surface area (Å²) in [6, 6.07) is 15.8. The quantitative estimate of drug-likeness (QED) is 0.359. The van der Waals surface area contributed by atoms with E-state index in [2.05, 4.69) is 22.2 Å². The van der Waals surface area contributed by atoms with Gasteiger partial charge in [0, 0.05) is 12.1 Å². The van der Waals surface area contributed by atoms with Crippen molar-refractivity contribution in [2.24, 2.45) is 0 Å². The molecule has 0 saturated carbocycles. The molecule has 5 nitrogen and oxygen atoms in total. The molecule has 5 heteroatoms. The largest absolute Gasteiger partial charge is 0.491 e. The molecule has 3 rings (SSSR count). The van der Waals surface area contributed by atoms with Crippen LogP contribution in [-0.4, -0.2) is 40.9 Å². The summed E-state index contributed by atoms with van der Waals surface area (Å²) in [7, 11) is 0. The van der Waals surface area contributed by atoms with E-state index in [1.807, 2.05) is 48.5 Å². The molecule has 0 aliphatic rings. The number of imidazole rings is 1. The molecule has 156 valence electrons. The number of aromatic nitrogens is 2. The molecule has 0 amide bonds.